The van der Waals surface area contributed by atoms with Crippen LogP contribution in [0.15, 0.2) is 54.7 Å². The third-order valence-electron chi connectivity index (χ3n) is 4.47. The van der Waals surface area contributed by atoms with E-state index in [0.717, 1.165) is 18.7 Å². The van der Waals surface area contributed by atoms with E-state index in [4.69, 9.17) is 4.98 Å². The number of aromatic nitrogens is 2. The fraction of sp³-hybridized carbons (Fsp3) is 0.250. The molecule has 4 rings (SSSR count). The van der Waals surface area contributed by atoms with E-state index >= 15 is 0 Å². The molecule has 0 aliphatic carbocycles. The topological polar surface area (TPSA) is 17.8 Å². The molecule has 2 aromatic carbocycles. The molecule has 1 aromatic heterocycles. The van der Waals surface area contributed by atoms with Gasteiger partial charge in [-0.05, 0) is 30.9 Å². The van der Waals surface area contributed by atoms with Gasteiger partial charge < -0.3 is 4.57 Å². The molecule has 1 aliphatic rings. The number of hydrogen-bond donors (Lipinski definition) is 0. The van der Waals surface area contributed by atoms with Crippen LogP contribution < -0.4 is 0 Å². The molecule has 22 heavy (non-hydrogen) atoms. The molecule has 0 saturated carbocycles. The van der Waals surface area contributed by atoms with E-state index in [9.17, 15) is 0 Å². The summed E-state index contributed by atoms with van der Waals surface area (Å²) in [6, 6.07) is 17.4. The van der Waals surface area contributed by atoms with Gasteiger partial charge in [-0.25, -0.2) is 4.98 Å². The highest BCUT2D eigenvalue weighted by Gasteiger charge is 2.13. The van der Waals surface area contributed by atoms with Crippen LogP contribution in [0.4, 0.5) is 0 Å². The molecule has 0 fully saturated rings. The first kappa shape index (κ1) is 13.3. The lowest BCUT2D eigenvalue weighted by molar-refractivity contribution is 0.522. The summed E-state index contributed by atoms with van der Waals surface area (Å²) in [5, 5.41) is 0. The minimum Gasteiger partial charge on any atom is -0.334 e. The van der Waals surface area contributed by atoms with E-state index in [-0.39, 0.29) is 0 Å². The van der Waals surface area contributed by atoms with E-state index in [1.165, 1.54) is 40.9 Å². The van der Waals surface area contributed by atoms with E-state index in [1.54, 1.807) is 0 Å². The summed E-state index contributed by atoms with van der Waals surface area (Å²) in [5.41, 5.74) is 6.13. The minimum atomic E-state index is 1.10. The SMILES string of the molecule is Cc1ccc(-c2ccc(-c3cn4c(n3)CCCC4)cc2)cc1. The molecule has 0 amide bonds. The molecule has 0 unspecified atom stereocenters. The molecule has 0 spiro atoms. The maximum atomic E-state index is 4.80. The van der Waals surface area contributed by atoms with Crippen LogP contribution in [0, 0.1) is 6.92 Å². The molecular formula is C20H20N2. The van der Waals surface area contributed by atoms with Crippen molar-refractivity contribution in [2.24, 2.45) is 0 Å². The first-order valence-electron chi connectivity index (χ1n) is 8.03. The molecular weight excluding hydrogens is 268 g/mol. The summed E-state index contributed by atoms with van der Waals surface area (Å²) in [4.78, 5) is 4.80. The standard InChI is InChI=1S/C20H20N2/c1-15-5-7-16(8-6-15)17-9-11-18(12-10-17)19-14-22-13-3-2-4-20(22)21-19/h5-12,14H,2-4,13H2,1H3. The number of imidazole rings is 1. The summed E-state index contributed by atoms with van der Waals surface area (Å²) in [6.45, 7) is 3.23. The molecule has 3 aromatic rings. The van der Waals surface area contributed by atoms with Crippen molar-refractivity contribution < 1.29 is 0 Å². The Balaban J connectivity index is 1.64. The van der Waals surface area contributed by atoms with Gasteiger partial charge in [0.05, 0.1) is 5.69 Å². The van der Waals surface area contributed by atoms with Crippen molar-refractivity contribution >= 4 is 0 Å². The Bertz CT molecular complexity index is 756. The van der Waals surface area contributed by atoms with Gasteiger partial charge >= 0.3 is 0 Å². The molecule has 0 bridgehead atoms. The van der Waals surface area contributed by atoms with Crippen LogP contribution in [-0.2, 0) is 13.0 Å². The molecule has 0 saturated heterocycles. The predicted octanol–water partition coefficient (Wildman–Crippen LogP) is 4.86. The van der Waals surface area contributed by atoms with Crippen molar-refractivity contribution in [3.63, 3.8) is 0 Å². The molecule has 0 atom stereocenters. The van der Waals surface area contributed by atoms with Crippen molar-refractivity contribution in [1.29, 1.82) is 0 Å². The normalized spacial score (nSPS) is 13.9. The maximum absolute atomic E-state index is 4.80. The van der Waals surface area contributed by atoms with Crippen LogP contribution >= 0.6 is 0 Å². The van der Waals surface area contributed by atoms with E-state index in [1.807, 2.05) is 0 Å². The second-order valence-electron chi connectivity index (χ2n) is 6.14. The zero-order chi connectivity index (χ0) is 14.9. The summed E-state index contributed by atoms with van der Waals surface area (Å²) < 4.78 is 2.31. The molecule has 2 heteroatoms. The van der Waals surface area contributed by atoms with Crippen LogP contribution in [0.3, 0.4) is 0 Å². The van der Waals surface area contributed by atoms with Crippen molar-refractivity contribution in [3.05, 3.63) is 66.1 Å². The lowest BCUT2D eigenvalue weighted by Crippen LogP contribution is -2.08. The van der Waals surface area contributed by atoms with Gasteiger partial charge in [0.1, 0.15) is 5.82 Å². The number of rotatable bonds is 2. The molecule has 1 aliphatic heterocycles. The Hall–Kier alpha value is -2.35. The highest BCUT2D eigenvalue weighted by molar-refractivity contribution is 5.68. The van der Waals surface area contributed by atoms with Crippen LogP contribution in [-0.4, -0.2) is 9.55 Å². The van der Waals surface area contributed by atoms with Crippen molar-refractivity contribution in [3.8, 4) is 22.4 Å². The average Bonchev–Trinajstić information content (AvgIpc) is 3.00. The monoisotopic (exact) mass is 288 g/mol. The maximum Gasteiger partial charge on any atom is 0.109 e. The minimum absolute atomic E-state index is 1.10. The lowest BCUT2D eigenvalue weighted by atomic mass is 10.0. The first-order valence-corrected chi connectivity index (χ1v) is 8.03. The Labute approximate surface area is 131 Å². The smallest absolute Gasteiger partial charge is 0.109 e. The van der Waals surface area contributed by atoms with Crippen molar-refractivity contribution in [1.82, 2.24) is 9.55 Å². The van der Waals surface area contributed by atoms with Gasteiger partial charge in [-0.15, -0.1) is 0 Å². The van der Waals surface area contributed by atoms with E-state index in [0.29, 0.717) is 0 Å². The number of hydrogen-bond acceptors (Lipinski definition) is 1. The Morgan fingerprint density at radius 2 is 1.45 bits per heavy atom. The molecule has 0 N–H and O–H groups in total. The van der Waals surface area contributed by atoms with Crippen LogP contribution in [0.1, 0.15) is 24.2 Å². The lowest BCUT2D eigenvalue weighted by Gasteiger charge is -2.11. The van der Waals surface area contributed by atoms with Gasteiger partial charge in [0.25, 0.3) is 0 Å². The van der Waals surface area contributed by atoms with Crippen molar-refractivity contribution in [2.75, 3.05) is 0 Å². The first-order chi connectivity index (χ1) is 10.8. The van der Waals surface area contributed by atoms with Crippen LogP contribution in [0.5, 0.6) is 0 Å². The fourth-order valence-corrected chi connectivity index (χ4v) is 3.13. The number of benzene rings is 2. The molecule has 2 heterocycles. The third-order valence-corrected chi connectivity index (χ3v) is 4.47. The highest BCUT2D eigenvalue weighted by atomic mass is 15.1. The zero-order valence-corrected chi connectivity index (χ0v) is 12.9. The predicted molar refractivity (Wildman–Crippen MR) is 90.8 cm³/mol. The second kappa shape index (κ2) is 5.45. The summed E-state index contributed by atoms with van der Waals surface area (Å²) in [7, 11) is 0. The van der Waals surface area contributed by atoms with Gasteiger partial charge in [-0.2, -0.15) is 0 Å². The summed E-state index contributed by atoms with van der Waals surface area (Å²) >= 11 is 0. The average molecular weight is 288 g/mol. The number of aryl methyl sites for hydroxylation is 3. The third kappa shape index (κ3) is 2.45. The van der Waals surface area contributed by atoms with Crippen LogP contribution in [0.25, 0.3) is 22.4 Å². The Morgan fingerprint density at radius 1 is 0.818 bits per heavy atom. The summed E-state index contributed by atoms with van der Waals surface area (Å²) in [5.74, 6) is 1.24. The van der Waals surface area contributed by atoms with Gasteiger partial charge in [-0.3, -0.25) is 0 Å². The zero-order valence-electron chi connectivity index (χ0n) is 12.9. The largest absolute Gasteiger partial charge is 0.334 e. The number of nitrogens with zero attached hydrogens (tertiary/aromatic N) is 2. The molecule has 0 radical (unpaired) electrons. The fourth-order valence-electron chi connectivity index (χ4n) is 3.13. The van der Waals surface area contributed by atoms with Gasteiger partial charge in [0.15, 0.2) is 0 Å². The second-order valence-corrected chi connectivity index (χ2v) is 6.14. The van der Waals surface area contributed by atoms with Gasteiger partial charge in [-0.1, -0.05) is 54.1 Å². The Morgan fingerprint density at radius 3 is 2.14 bits per heavy atom. The molecule has 110 valence electrons. The highest BCUT2D eigenvalue weighted by Crippen LogP contribution is 2.26. The Kier molecular flexibility index (Phi) is 3.30. The molecule has 2 nitrogen and oxygen atoms in total. The van der Waals surface area contributed by atoms with Crippen molar-refractivity contribution in [2.45, 2.75) is 32.7 Å². The summed E-state index contributed by atoms with van der Waals surface area (Å²) in [6.07, 6.45) is 5.86. The van der Waals surface area contributed by atoms with E-state index < -0.39 is 0 Å². The quantitative estimate of drug-likeness (QED) is 0.658. The van der Waals surface area contributed by atoms with Crippen LogP contribution in [0.2, 0.25) is 0 Å². The van der Waals surface area contributed by atoms with Gasteiger partial charge in [0.2, 0.25) is 0 Å². The van der Waals surface area contributed by atoms with E-state index in [2.05, 4.69) is 66.2 Å². The number of fused-ring (bicyclic) bond motifs is 1. The van der Waals surface area contributed by atoms with Gasteiger partial charge in [0, 0.05) is 24.7 Å².